The van der Waals surface area contributed by atoms with Crippen molar-refractivity contribution >= 4 is 30.9 Å². The Balaban J connectivity index is 1.72. The number of rotatable bonds is 8. The topological polar surface area (TPSA) is 65.3 Å². The highest BCUT2D eigenvalue weighted by atomic mass is 28.3. The quantitative estimate of drug-likeness (QED) is 0.316. The van der Waals surface area contributed by atoms with Crippen LogP contribution in [0.3, 0.4) is 0 Å². The van der Waals surface area contributed by atoms with E-state index in [-0.39, 0.29) is 6.10 Å². The Hall–Kier alpha value is -2.55. The number of hydrogen-bond donors (Lipinski definition) is 0. The molecular weight excluding hydrogens is 442 g/mol. The molecule has 2 aromatic heterocycles. The van der Waals surface area contributed by atoms with Gasteiger partial charge in [-0.25, -0.2) is 14.6 Å². The minimum atomic E-state index is -1.16. The SMILES string of the molecule is CC(C)=Cc1ccc2nn(COCC[Si](C)(C)C)c(-c3cc(N4CCO[C@H](C)C4)ncn3)c2c1. The molecule has 3 aromatic rings. The minimum absolute atomic E-state index is 0.185. The maximum Gasteiger partial charge on any atom is 0.140 e. The Labute approximate surface area is 203 Å². The average Bonchev–Trinajstić information content (AvgIpc) is 3.13. The van der Waals surface area contributed by atoms with Crippen molar-refractivity contribution in [2.45, 2.75) is 59.3 Å². The second-order valence-corrected chi connectivity index (χ2v) is 16.2. The molecule has 1 aliphatic rings. The van der Waals surface area contributed by atoms with Crippen LogP contribution in [0.1, 0.15) is 26.3 Å². The van der Waals surface area contributed by atoms with Gasteiger partial charge in [-0.3, -0.25) is 0 Å². The number of benzene rings is 1. The third kappa shape index (κ3) is 6.11. The number of aromatic nitrogens is 4. The monoisotopic (exact) mass is 479 g/mol. The van der Waals surface area contributed by atoms with Crippen LogP contribution in [-0.4, -0.2) is 60.2 Å². The van der Waals surface area contributed by atoms with Crippen molar-refractivity contribution in [2.75, 3.05) is 31.2 Å². The van der Waals surface area contributed by atoms with Crippen molar-refractivity contribution in [1.82, 2.24) is 19.7 Å². The summed E-state index contributed by atoms with van der Waals surface area (Å²) in [5, 5.41) is 5.96. The molecule has 0 aliphatic carbocycles. The highest BCUT2D eigenvalue weighted by Gasteiger charge is 2.21. The summed E-state index contributed by atoms with van der Waals surface area (Å²) >= 11 is 0. The molecule has 7 nitrogen and oxygen atoms in total. The van der Waals surface area contributed by atoms with Gasteiger partial charge in [-0.2, -0.15) is 5.10 Å². The van der Waals surface area contributed by atoms with Crippen molar-refractivity contribution < 1.29 is 9.47 Å². The van der Waals surface area contributed by atoms with E-state index in [0.717, 1.165) is 59.4 Å². The molecule has 1 aliphatic heterocycles. The Bertz CT molecular complexity index is 1160. The largest absolute Gasteiger partial charge is 0.375 e. The molecule has 0 N–H and O–H groups in total. The van der Waals surface area contributed by atoms with Gasteiger partial charge in [0.25, 0.3) is 0 Å². The summed E-state index contributed by atoms with van der Waals surface area (Å²) in [6.45, 7) is 16.9. The molecule has 0 radical (unpaired) electrons. The van der Waals surface area contributed by atoms with Crippen LogP contribution in [0.5, 0.6) is 0 Å². The van der Waals surface area contributed by atoms with Gasteiger partial charge in [0.15, 0.2) is 0 Å². The summed E-state index contributed by atoms with van der Waals surface area (Å²) in [5.74, 6) is 0.918. The highest BCUT2D eigenvalue weighted by Crippen LogP contribution is 2.31. The van der Waals surface area contributed by atoms with E-state index in [1.807, 2.05) is 4.68 Å². The van der Waals surface area contributed by atoms with Crippen LogP contribution in [0, 0.1) is 0 Å². The molecule has 0 bridgehead atoms. The normalized spacial score (nSPS) is 16.8. The Morgan fingerprint density at radius 1 is 1.21 bits per heavy atom. The van der Waals surface area contributed by atoms with Gasteiger partial charge in [-0.15, -0.1) is 0 Å². The zero-order valence-electron chi connectivity index (χ0n) is 21.3. The van der Waals surface area contributed by atoms with Crippen LogP contribution in [0.15, 0.2) is 36.2 Å². The molecular formula is C26H37N5O2Si. The lowest BCUT2D eigenvalue weighted by atomic mass is 10.1. The van der Waals surface area contributed by atoms with Crippen molar-refractivity contribution in [1.29, 1.82) is 0 Å². The van der Waals surface area contributed by atoms with Gasteiger partial charge in [0.2, 0.25) is 0 Å². The molecule has 0 spiro atoms. The predicted molar refractivity (Wildman–Crippen MR) is 142 cm³/mol. The maximum absolute atomic E-state index is 6.10. The van der Waals surface area contributed by atoms with E-state index in [9.17, 15) is 0 Å². The van der Waals surface area contributed by atoms with Gasteiger partial charge in [-0.05, 0) is 44.5 Å². The lowest BCUT2D eigenvalue weighted by Gasteiger charge is -2.32. The molecule has 34 heavy (non-hydrogen) atoms. The van der Waals surface area contributed by atoms with E-state index in [2.05, 4.69) is 85.6 Å². The summed E-state index contributed by atoms with van der Waals surface area (Å²) in [6, 6.07) is 9.59. The zero-order valence-corrected chi connectivity index (χ0v) is 22.3. The first-order valence-electron chi connectivity index (χ1n) is 12.1. The number of anilines is 1. The van der Waals surface area contributed by atoms with Crippen LogP contribution in [0.25, 0.3) is 28.4 Å². The summed E-state index contributed by atoms with van der Waals surface area (Å²) in [4.78, 5) is 11.5. The van der Waals surface area contributed by atoms with Gasteiger partial charge in [0, 0.05) is 39.2 Å². The molecule has 3 heterocycles. The van der Waals surface area contributed by atoms with E-state index in [1.165, 1.54) is 5.57 Å². The smallest absolute Gasteiger partial charge is 0.140 e. The van der Waals surface area contributed by atoms with Crippen molar-refractivity contribution in [3.63, 3.8) is 0 Å². The lowest BCUT2D eigenvalue weighted by Crippen LogP contribution is -2.41. The lowest BCUT2D eigenvalue weighted by molar-refractivity contribution is 0.0529. The number of morpholine rings is 1. The van der Waals surface area contributed by atoms with Crippen molar-refractivity contribution in [3.8, 4) is 11.4 Å². The van der Waals surface area contributed by atoms with E-state index in [0.29, 0.717) is 13.3 Å². The fourth-order valence-corrected chi connectivity index (χ4v) is 4.90. The van der Waals surface area contributed by atoms with Crippen LogP contribution in [0.4, 0.5) is 5.82 Å². The minimum Gasteiger partial charge on any atom is -0.375 e. The highest BCUT2D eigenvalue weighted by molar-refractivity contribution is 6.76. The van der Waals surface area contributed by atoms with Gasteiger partial charge in [0.1, 0.15) is 18.9 Å². The standard InChI is InChI=1S/C26H37N5O2Si/c1-19(2)13-21-7-8-23-22(14-21)26(31(29-23)18-32-11-12-34(4,5)6)24-15-25(28-17-27-24)30-9-10-33-20(3)16-30/h7-8,13-15,17,20H,9-12,16,18H2,1-6H3/t20-/m1/s1. The van der Waals surface area contributed by atoms with Gasteiger partial charge < -0.3 is 14.4 Å². The number of ether oxygens (including phenoxy) is 2. The third-order valence-electron chi connectivity index (χ3n) is 5.89. The second kappa shape index (κ2) is 10.4. The molecule has 1 saturated heterocycles. The predicted octanol–water partition coefficient (Wildman–Crippen LogP) is 5.45. The Morgan fingerprint density at radius 3 is 2.76 bits per heavy atom. The van der Waals surface area contributed by atoms with Crippen molar-refractivity contribution in [3.05, 3.63) is 41.7 Å². The van der Waals surface area contributed by atoms with Gasteiger partial charge in [-0.1, -0.05) is 37.4 Å². The third-order valence-corrected chi connectivity index (χ3v) is 7.59. The molecule has 4 rings (SSSR count). The second-order valence-electron chi connectivity index (χ2n) is 10.6. The Morgan fingerprint density at radius 2 is 2.03 bits per heavy atom. The molecule has 1 fully saturated rings. The van der Waals surface area contributed by atoms with E-state index < -0.39 is 8.07 Å². The first-order valence-corrected chi connectivity index (χ1v) is 15.8. The van der Waals surface area contributed by atoms with Gasteiger partial charge in [0.05, 0.1) is 29.6 Å². The summed E-state index contributed by atoms with van der Waals surface area (Å²) in [7, 11) is -1.16. The fraction of sp³-hybridized carbons (Fsp3) is 0.500. The van der Waals surface area contributed by atoms with E-state index in [1.54, 1.807) is 6.33 Å². The Kier molecular flexibility index (Phi) is 7.50. The maximum atomic E-state index is 6.10. The molecule has 8 heteroatoms. The fourth-order valence-electron chi connectivity index (χ4n) is 4.14. The van der Waals surface area contributed by atoms with Crippen LogP contribution < -0.4 is 4.90 Å². The van der Waals surface area contributed by atoms with Crippen LogP contribution in [-0.2, 0) is 16.2 Å². The molecule has 0 unspecified atom stereocenters. The first kappa shape index (κ1) is 24.6. The first-order chi connectivity index (χ1) is 16.2. The zero-order chi connectivity index (χ0) is 24.3. The van der Waals surface area contributed by atoms with Crippen molar-refractivity contribution in [2.24, 2.45) is 0 Å². The van der Waals surface area contributed by atoms with Crippen LogP contribution >= 0.6 is 0 Å². The summed E-state index contributed by atoms with van der Waals surface area (Å²) < 4.78 is 13.8. The summed E-state index contributed by atoms with van der Waals surface area (Å²) in [5.41, 5.74) is 5.18. The number of allylic oxidation sites excluding steroid dienone is 1. The van der Waals surface area contributed by atoms with Gasteiger partial charge >= 0.3 is 0 Å². The number of nitrogens with zero attached hydrogens (tertiary/aromatic N) is 5. The van der Waals surface area contributed by atoms with E-state index in [4.69, 9.17) is 14.6 Å². The number of hydrogen-bond acceptors (Lipinski definition) is 6. The molecule has 1 aromatic carbocycles. The number of fused-ring (bicyclic) bond motifs is 1. The molecule has 182 valence electrons. The summed E-state index contributed by atoms with van der Waals surface area (Å²) in [6.07, 6.45) is 4.02. The molecule has 1 atom stereocenters. The molecule has 0 saturated carbocycles. The molecule has 0 amide bonds. The average molecular weight is 480 g/mol. The van der Waals surface area contributed by atoms with Crippen LogP contribution in [0.2, 0.25) is 25.7 Å². The van der Waals surface area contributed by atoms with E-state index >= 15 is 0 Å².